The average Bonchev–Trinajstić information content (AvgIpc) is 3.14. The van der Waals surface area contributed by atoms with Gasteiger partial charge >= 0.3 is 0 Å². The van der Waals surface area contributed by atoms with Gasteiger partial charge in [0, 0.05) is 36.9 Å². The van der Waals surface area contributed by atoms with Crippen LogP contribution in [0.2, 0.25) is 0 Å². The minimum absolute atomic E-state index is 0.272. The zero-order chi connectivity index (χ0) is 17.5. The van der Waals surface area contributed by atoms with Gasteiger partial charge in [-0.15, -0.1) is 0 Å². The van der Waals surface area contributed by atoms with Crippen LogP contribution in [0.15, 0.2) is 55.5 Å². The second-order valence-corrected chi connectivity index (χ2v) is 5.50. The molecule has 3 aromatic heterocycles. The van der Waals surface area contributed by atoms with E-state index in [0.29, 0.717) is 12.1 Å². The second kappa shape index (κ2) is 7.98. The van der Waals surface area contributed by atoms with Crippen LogP contribution in [0.25, 0.3) is 12.2 Å². The largest absolute Gasteiger partial charge is 0.348 e. The van der Waals surface area contributed by atoms with E-state index >= 15 is 0 Å². The molecule has 7 nitrogen and oxygen atoms in total. The number of aromatic amines is 1. The molecule has 3 heterocycles. The number of H-pyrrole nitrogens is 1. The molecule has 0 spiro atoms. The molecule has 0 aliphatic heterocycles. The lowest BCUT2D eigenvalue weighted by Crippen LogP contribution is -2.37. The topological polar surface area (TPSA) is 110 Å². The maximum atomic E-state index is 12.2. The van der Waals surface area contributed by atoms with Gasteiger partial charge in [-0.05, 0) is 29.3 Å². The number of carbonyl (C=O) groups excluding carboxylic acids is 1. The molecule has 4 N–H and O–H groups in total. The number of hydrogen-bond donors (Lipinski definition) is 3. The summed E-state index contributed by atoms with van der Waals surface area (Å²) in [4.78, 5) is 27.2. The lowest BCUT2D eigenvalue weighted by molar-refractivity contribution is -0.117. The number of amides is 1. The van der Waals surface area contributed by atoms with Crippen LogP contribution in [-0.4, -0.2) is 31.9 Å². The molecule has 25 heavy (non-hydrogen) atoms. The van der Waals surface area contributed by atoms with Crippen LogP contribution in [0, 0.1) is 0 Å². The first kappa shape index (κ1) is 16.5. The second-order valence-electron chi connectivity index (χ2n) is 5.50. The lowest BCUT2D eigenvalue weighted by Gasteiger charge is -2.11. The van der Waals surface area contributed by atoms with Crippen molar-refractivity contribution in [2.45, 2.75) is 12.5 Å². The number of hydrogen-bond acceptors (Lipinski definition) is 5. The van der Waals surface area contributed by atoms with Gasteiger partial charge in [0.05, 0.1) is 24.3 Å². The zero-order valence-electron chi connectivity index (χ0n) is 13.5. The normalized spacial score (nSPS) is 12.2. The zero-order valence-corrected chi connectivity index (χ0v) is 13.5. The quantitative estimate of drug-likeness (QED) is 0.637. The Morgan fingerprint density at radius 2 is 1.92 bits per heavy atom. The molecule has 7 heteroatoms. The molecule has 0 aliphatic rings. The average molecular weight is 334 g/mol. The van der Waals surface area contributed by atoms with Crippen LogP contribution >= 0.6 is 0 Å². The van der Waals surface area contributed by atoms with Crippen molar-refractivity contribution in [2.24, 2.45) is 5.73 Å². The third-order valence-electron chi connectivity index (χ3n) is 3.53. The smallest absolute Gasteiger partial charge is 0.241 e. The van der Waals surface area contributed by atoms with Crippen LogP contribution in [0.4, 0.5) is 5.69 Å². The Bertz CT molecular complexity index is 845. The molecular weight excluding hydrogens is 316 g/mol. The Balaban J connectivity index is 1.63. The summed E-state index contributed by atoms with van der Waals surface area (Å²) in [5.41, 5.74) is 9.25. The van der Waals surface area contributed by atoms with Gasteiger partial charge in [0.25, 0.3) is 0 Å². The Morgan fingerprint density at radius 3 is 2.68 bits per heavy atom. The first-order chi connectivity index (χ1) is 12.2. The van der Waals surface area contributed by atoms with Crippen molar-refractivity contribution >= 4 is 23.7 Å². The molecule has 0 saturated heterocycles. The summed E-state index contributed by atoms with van der Waals surface area (Å²) >= 11 is 0. The molecule has 1 atom stereocenters. The Morgan fingerprint density at radius 1 is 1.12 bits per heavy atom. The van der Waals surface area contributed by atoms with E-state index in [1.807, 2.05) is 30.4 Å². The first-order valence-electron chi connectivity index (χ1n) is 7.77. The van der Waals surface area contributed by atoms with Crippen LogP contribution in [-0.2, 0) is 11.2 Å². The summed E-state index contributed by atoms with van der Waals surface area (Å²) < 4.78 is 0. The van der Waals surface area contributed by atoms with Gasteiger partial charge in [-0.2, -0.15) is 0 Å². The van der Waals surface area contributed by atoms with E-state index in [9.17, 15) is 4.79 Å². The molecule has 0 radical (unpaired) electrons. The van der Waals surface area contributed by atoms with Crippen molar-refractivity contribution in [3.8, 4) is 0 Å². The summed E-state index contributed by atoms with van der Waals surface area (Å²) in [6.07, 6.45) is 14.2. The van der Waals surface area contributed by atoms with Crippen LogP contribution < -0.4 is 11.1 Å². The summed E-state index contributed by atoms with van der Waals surface area (Å²) in [5, 5.41) is 2.79. The molecule has 0 aliphatic carbocycles. The Kier molecular flexibility index (Phi) is 5.28. The SMILES string of the molecule is NC(Cc1cnc[nH]1)C(=O)Nc1cncc(C=Cc2ccncc2)c1. The van der Waals surface area contributed by atoms with E-state index in [1.54, 1.807) is 37.3 Å². The monoisotopic (exact) mass is 334 g/mol. The van der Waals surface area contributed by atoms with Gasteiger partial charge in [0.1, 0.15) is 0 Å². The van der Waals surface area contributed by atoms with Gasteiger partial charge in [-0.1, -0.05) is 12.2 Å². The van der Waals surface area contributed by atoms with Crippen LogP contribution in [0.3, 0.4) is 0 Å². The molecule has 0 fully saturated rings. The number of nitrogens with one attached hydrogen (secondary N) is 2. The summed E-state index contributed by atoms with van der Waals surface area (Å²) in [5.74, 6) is -0.272. The summed E-state index contributed by atoms with van der Waals surface area (Å²) in [7, 11) is 0. The third-order valence-corrected chi connectivity index (χ3v) is 3.53. The van der Waals surface area contributed by atoms with Gasteiger partial charge in [0.15, 0.2) is 0 Å². The van der Waals surface area contributed by atoms with Crippen molar-refractivity contribution < 1.29 is 4.79 Å². The van der Waals surface area contributed by atoms with Gasteiger partial charge in [0.2, 0.25) is 5.91 Å². The van der Waals surface area contributed by atoms with Crippen LogP contribution in [0.1, 0.15) is 16.8 Å². The van der Waals surface area contributed by atoms with Crippen LogP contribution in [0.5, 0.6) is 0 Å². The number of aromatic nitrogens is 4. The molecule has 3 aromatic rings. The van der Waals surface area contributed by atoms with E-state index in [0.717, 1.165) is 16.8 Å². The van der Waals surface area contributed by atoms with Gasteiger partial charge < -0.3 is 16.0 Å². The first-order valence-corrected chi connectivity index (χ1v) is 7.77. The number of nitrogens with zero attached hydrogens (tertiary/aromatic N) is 3. The number of imidazole rings is 1. The number of nitrogens with two attached hydrogens (primary N) is 1. The molecule has 1 amide bonds. The van der Waals surface area contributed by atoms with Gasteiger partial charge in [-0.3, -0.25) is 14.8 Å². The summed E-state index contributed by atoms with van der Waals surface area (Å²) in [6.45, 7) is 0. The number of carbonyl (C=O) groups is 1. The van der Waals surface area contributed by atoms with E-state index in [4.69, 9.17) is 5.73 Å². The third kappa shape index (κ3) is 4.82. The minimum atomic E-state index is -0.670. The molecule has 1 unspecified atom stereocenters. The minimum Gasteiger partial charge on any atom is -0.348 e. The Hall–Kier alpha value is -3.32. The van der Waals surface area contributed by atoms with Crippen molar-refractivity contribution in [3.05, 3.63) is 72.3 Å². The maximum Gasteiger partial charge on any atom is 0.241 e. The fraction of sp³-hybridized carbons (Fsp3) is 0.111. The van der Waals surface area contributed by atoms with E-state index < -0.39 is 6.04 Å². The molecule has 0 saturated carbocycles. The van der Waals surface area contributed by atoms with E-state index in [2.05, 4.69) is 25.3 Å². The highest BCUT2D eigenvalue weighted by atomic mass is 16.2. The molecule has 0 aromatic carbocycles. The number of pyridine rings is 2. The molecule has 0 bridgehead atoms. The van der Waals surface area contributed by atoms with Crippen molar-refractivity contribution in [1.82, 2.24) is 19.9 Å². The molecule has 3 rings (SSSR count). The highest BCUT2D eigenvalue weighted by molar-refractivity contribution is 5.95. The predicted molar refractivity (Wildman–Crippen MR) is 96.3 cm³/mol. The standard InChI is InChI=1S/C18H18N6O/c19-17(8-15-10-22-12-23-15)18(25)24-16-7-14(9-21-11-16)2-1-13-3-5-20-6-4-13/h1-7,9-12,17H,8,19H2,(H,22,23)(H,24,25). The fourth-order valence-electron chi connectivity index (χ4n) is 2.25. The fourth-order valence-corrected chi connectivity index (χ4v) is 2.25. The van der Waals surface area contributed by atoms with Crippen molar-refractivity contribution in [2.75, 3.05) is 5.32 Å². The van der Waals surface area contributed by atoms with Crippen molar-refractivity contribution in [3.63, 3.8) is 0 Å². The Labute approximate surface area is 145 Å². The number of anilines is 1. The molecule has 126 valence electrons. The lowest BCUT2D eigenvalue weighted by atomic mass is 10.1. The maximum absolute atomic E-state index is 12.2. The highest BCUT2D eigenvalue weighted by Crippen LogP contribution is 2.12. The predicted octanol–water partition coefficient (Wildman–Crippen LogP) is 1.88. The van der Waals surface area contributed by atoms with Crippen molar-refractivity contribution in [1.29, 1.82) is 0 Å². The summed E-state index contributed by atoms with van der Waals surface area (Å²) in [6, 6.07) is 4.98. The van der Waals surface area contributed by atoms with E-state index in [-0.39, 0.29) is 5.91 Å². The number of rotatable bonds is 6. The van der Waals surface area contributed by atoms with Gasteiger partial charge in [-0.25, -0.2) is 4.98 Å². The molecular formula is C18H18N6O. The highest BCUT2D eigenvalue weighted by Gasteiger charge is 2.15. The van der Waals surface area contributed by atoms with E-state index in [1.165, 1.54) is 0 Å².